The van der Waals surface area contributed by atoms with Crippen molar-refractivity contribution in [3.8, 4) is 11.3 Å². The molecule has 32 heavy (non-hydrogen) atoms. The van der Waals surface area contributed by atoms with Gasteiger partial charge in [0.2, 0.25) is 5.91 Å². The van der Waals surface area contributed by atoms with E-state index in [0.717, 1.165) is 23.0 Å². The van der Waals surface area contributed by atoms with E-state index in [1.165, 1.54) is 24.4 Å². The molecule has 0 aliphatic rings. The Morgan fingerprint density at radius 1 is 1.06 bits per heavy atom. The van der Waals surface area contributed by atoms with Crippen molar-refractivity contribution in [2.75, 3.05) is 11.9 Å². The third kappa shape index (κ3) is 5.22. The molecule has 0 radical (unpaired) electrons. The molecule has 4 rings (SSSR count). The van der Waals surface area contributed by atoms with E-state index >= 15 is 0 Å². The average Bonchev–Trinajstić information content (AvgIpc) is 3.45. The standard InChI is InChI=1S/C22H16F2N4O3S/c23-15-7-6-14(17(24)9-15)8-16-11-26-22(32-16)27-20(29)12-25-21(30)18-10-19(31-28-18)13-4-2-1-3-5-13/h1-7,9-11H,8,12H2,(H,25,30)(H,26,27,29). The van der Waals surface area contributed by atoms with Crippen LogP contribution in [0.5, 0.6) is 0 Å². The molecule has 0 aliphatic heterocycles. The monoisotopic (exact) mass is 454 g/mol. The molecule has 0 aliphatic carbocycles. The van der Waals surface area contributed by atoms with Crippen molar-refractivity contribution in [3.05, 3.63) is 88.6 Å². The summed E-state index contributed by atoms with van der Waals surface area (Å²) in [5, 5.41) is 9.05. The Balaban J connectivity index is 1.29. The fourth-order valence-corrected chi connectivity index (χ4v) is 3.69. The summed E-state index contributed by atoms with van der Waals surface area (Å²) in [5.41, 5.74) is 1.15. The number of carbonyl (C=O) groups is 2. The average molecular weight is 454 g/mol. The maximum Gasteiger partial charge on any atom is 0.273 e. The predicted molar refractivity (Wildman–Crippen MR) is 114 cm³/mol. The van der Waals surface area contributed by atoms with Crippen LogP contribution in [0.1, 0.15) is 20.9 Å². The molecule has 2 heterocycles. The summed E-state index contributed by atoms with van der Waals surface area (Å²) in [5.74, 6) is -1.90. The number of nitrogens with zero attached hydrogens (tertiary/aromatic N) is 2. The third-order valence-electron chi connectivity index (χ3n) is 4.39. The number of hydrogen-bond donors (Lipinski definition) is 2. The Bertz CT molecular complexity index is 1260. The van der Waals surface area contributed by atoms with Gasteiger partial charge in [-0.25, -0.2) is 13.8 Å². The largest absolute Gasteiger partial charge is 0.355 e. The van der Waals surface area contributed by atoms with Crippen LogP contribution in [0.3, 0.4) is 0 Å². The lowest BCUT2D eigenvalue weighted by molar-refractivity contribution is -0.115. The summed E-state index contributed by atoms with van der Waals surface area (Å²) in [4.78, 5) is 29.1. The highest BCUT2D eigenvalue weighted by Crippen LogP contribution is 2.23. The zero-order valence-electron chi connectivity index (χ0n) is 16.5. The van der Waals surface area contributed by atoms with E-state index < -0.39 is 23.4 Å². The van der Waals surface area contributed by atoms with Crippen LogP contribution < -0.4 is 10.6 Å². The molecule has 0 saturated carbocycles. The number of aromatic nitrogens is 2. The van der Waals surface area contributed by atoms with Crippen molar-refractivity contribution in [1.82, 2.24) is 15.5 Å². The van der Waals surface area contributed by atoms with Crippen LogP contribution >= 0.6 is 11.3 Å². The fourth-order valence-electron chi connectivity index (χ4n) is 2.84. The number of hydrogen-bond acceptors (Lipinski definition) is 6. The normalized spacial score (nSPS) is 10.7. The van der Waals surface area contributed by atoms with E-state index in [2.05, 4.69) is 20.8 Å². The lowest BCUT2D eigenvalue weighted by Gasteiger charge is -2.03. The molecule has 0 fully saturated rings. The third-order valence-corrected chi connectivity index (χ3v) is 5.30. The summed E-state index contributed by atoms with van der Waals surface area (Å²) in [6.45, 7) is -0.298. The fraction of sp³-hybridized carbons (Fsp3) is 0.0909. The first-order valence-electron chi connectivity index (χ1n) is 9.47. The van der Waals surface area contributed by atoms with Crippen LogP contribution in [0.4, 0.5) is 13.9 Å². The molecule has 10 heteroatoms. The van der Waals surface area contributed by atoms with Crippen molar-refractivity contribution >= 4 is 28.3 Å². The van der Waals surface area contributed by atoms with Gasteiger partial charge < -0.3 is 15.2 Å². The second-order valence-electron chi connectivity index (χ2n) is 6.72. The lowest BCUT2D eigenvalue weighted by Crippen LogP contribution is -2.32. The van der Waals surface area contributed by atoms with Crippen molar-refractivity contribution in [2.45, 2.75) is 6.42 Å². The second-order valence-corrected chi connectivity index (χ2v) is 7.83. The topological polar surface area (TPSA) is 97.1 Å². The van der Waals surface area contributed by atoms with Gasteiger partial charge in [0.05, 0.1) is 6.54 Å². The quantitative estimate of drug-likeness (QED) is 0.439. The number of nitrogens with one attached hydrogen (secondary N) is 2. The van der Waals surface area contributed by atoms with E-state index in [-0.39, 0.29) is 18.7 Å². The number of carbonyl (C=O) groups excluding carboxylic acids is 2. The number of benzene rings is 2. The minimum Gasteiger partial charge on any atom is -0.355 e. The van der Waals surface area contributed by atoms with Crippen LogP contribution in [0.15, 0.2) is 65.3 Å². The maximum atomic E-state index is 13.8. The molecule has 0 spiro atoms. The minimum absolute atomic E-state index is 0.0505. The van der Waals surface area contributed by atoms with Crippen LogP contribution in [-0.2, 0) is 11.2 Å². The van der Waals surface area contributed by atoms with Gasteiger partial charge in [0.15, 0.2) is 16.6 Å². The molecule has 0 saturated heterocycles. The van der Waals surface area contributed by atoms with Crippen molar-refractivity contribution in [3.63, 3.8) is 0 Å². The highest BCUT2D eigenvalue weighted by Gasteiger charge is 2.15. The van der Waals surface area contributed by atoms with Crippen molar-refractivity contribution < 1.29 is 22.9 Å². The highest BCUT2D eigenvalue weighted by atomic mass is 32.1. The highest BCUT2D eigenvalue weighted by molar-refractivity contribution is 7.15. The maximum absolute atomic E-state index is 13.8. The van der Waals surface area contributed by atoms with Crippen LogP contribution in [0, 0.1) is 11.6 Å². The molecule has 2 aromatic carbocycles. The Morgan fingerprint density at radius 2 is 1.88 bits per heavy atom. The number of thiazole rings is 1. The number of halogens is 2. The van der Waals surface area contributed by atoms with Gasteiger partial charge >= 0.3 is 0 Å². The second kappa shape index (κ2) is 9.48. The molecule has 162 valence electrons. The zero-order valence-corrected chi connectivity index (χ0v) is 17.3. The smallest absolute Gasteiger partial charge is 0.273 e. The summed E-state index contributed by atoms with van der Waals surface area (Å²) >= 11 is 1.16. The molecule has 2 aromatic heterocycles. The molecule has 2 amide bonds. The van der Waals surface area contributed by atoms with E-state index in [0.29, 0.717) is 21.3 Å². The van der Waals surface area contributed by atoms with E-state index in [4.69, 9.17) is 4.52 Å². The molecule has 0 bridgehead atoms. The Hall–Kier alpha value is -3.92. The summed E-state index contributed by atoms with van der Waals surface area (Å²) in [6, 6.07) is 14.0. The van der Waals surface area contributed by atoms with Crippen molar-refractivity contribution in [1.29, 1.82) is 0 Å². The van der Waals surface area contributed by atoms with Crippen molar-refractivity contribution in [2.24, 2.45) is 0 Å². The molecular formula is C22H16F2N4O3S. The molecule has 0 atom stereocenters. The van der Waals surface area contributed by atoms with Gasteiger partial charge in [0, 0.05) is 35.2 Å². The van der Waals surface area contributed by atoms with E-state index in [1.807, 2.05) is 30.3 Å². The summed E-state index contributed by atoms with van der Waals surface area (Å²) in [7, 11) is 0. The number of rotatable bonds is 7. The number of amides is 2. The Labute approximate surface area is 185 Å². The molecular weight excluding hydrogens is 438 g/mol. The predicted octanol–water partition coefficient (Wildman–Crippen LogP) is 4.04. The zero-order chi connectivity index (χ0) is 22.5. The minimum atomic E-state index is -0.646. The molecule has 4 aromatic rings. The van der Waals surface area contributed by atoms with Crippen LogP contribution in [0.25, 0.3) is 11.3 Å². The van der Waals surface area contributed by atoms with Gasteiger partial charge in [0.25, 0.3) is 5.91 Å². The first-order chi connectivity index (χ1) is 15.5. The molecule has 0 unspecified atom stereocenters. The first kappa shape index (κ1) is 21.3. The van der Waals surface area contributed by atoms with Gasteiger partial charge in [-0.3, -0.25) is 9.59 Å². The van der Waals surface area contributed by atoms with Gasteiger partial charge in [0.1, 0.15) is 11.6 Å². The van der Waals surface area contributed by atoms with E-state index in [9.17, 15) is 18.4 Å². The molecule has 2 N–H and O–H groups in total. The molecule has 7 nitrogen and oxygen atoms in total. The Morgan fingerprint density at radius 3 is 2.66 bits per heavy atom. The van der Waals surface area contributed by atoms with E-state index in [1.54, 1.807) is 0 Å². The summed E-state index contributed by atoms with van der Waals surface area (Å²) in [6.07, 6.45) is 1.72. The lowest BCUT2D eigenvalue weighted by atomic mass is 10.1. The van der Waals surface area contributed by atoms with Gasteiger partial charge in [-0.1, -0.05) is 41.6 Å². The summed E-state index contributed by atoms with van der Waals surface area (Å²) < 4.78 is 32.0. The SMILES string of the molecule is O=C(CNC(=O)c1cc(-c2ccccc2)on1)Nc1ncc(Cc2ccc(F)cc2F)s1. The first-order valence-corrected chi connectivity index (χ1v) is 10.3. The van der Waals surface area contributed by atoms with Crippen LogP contribution in [0.2, 0.25) is 0 Å². The van der Waals surface area contributed by atoms with Gasteiger partial charge in [-0.2, -0.15) is 0 Å². The Kier molecular flexibility index (Phi) is 6.31. The van der Waals surface area contributed by atoms with Gasteiger partial charge in [-0.05, 0) is 11.6 Å². The van der Waals surface area contributed by atoms with Gasteiger partial charge in [-0.15, -0.1) is 11.3 Å². The van der Waals surface area contributed by atoms with Crippen LogP contribution in [-0.4, -0.2) is 28.5 Å². The number of anilines is 1.